The van der Waals surface area contributed by atoms with Crippen molar-refractivity contribution in [2.45, 2.75) is 38.9 Å². The lowest BCUT2D eigenvalue weighted by atomic mass is 10.2. The monoisotopic (exact) mass is 379 g/mol. The van der Waals surface area contributed by atoms with Gasteiger partial charge in [-0.2, -0.15) is 15.8 Å². The molecule has 1 saturated heterocycles. The minimum absolute atomic E-state index is 0.109. The van der Waals surface area contributed by atoms with Crippen LogP contribution in [0.15, 0.2) is 35.5 Å². The summed E-state index contributed by atoms with van der Waals surface area (Å²) >= 11 is 0. The third kappa shape index (κ3) is 5.65. The van der Waals surface area contributed by atoms with E-state index in [0.29, 0.717) is 30.9 Å². The third-order valence-corrected chi connectivity index (χ3v) is 3.81. The van der Waals surface area contributed by atoms with Gasteiger partial charge in [-0.05, 0) is 45.0 Å². The van der Waals surface area contributed by atoms with Crippen molar-refractivity contribution in [2.75, 3.05) is 18.4 Å². The van der Waals surface area contributed by atoms with E-state index in [1.54, 1.807) is 47.4 Å². The number of ether oxygens (including phenoxy) is 2. The number of carbonyl (C=O) groups excluding carboxylic acids is 1. The van der Waals surface area contributed by atoms with Crippen molar-refractivity contribution < 1.29 is 14.3 Å². The Morgan fingerprint density at radius 1 is 1.14 bits per heavy atom. The lowest BCUT2D eigenvalue weighted by Crippen LogP contribution is -2.36. The smallest absolute Gasteiger partial charge is 0.410 e. The van der Waals surface area contributed by atoms with Gasteiger partial charge in [0, 0.05) is 18.7 Å². The first-order valence-electron chi connectivity index (χ1n) is 8.72. The number of nitriles is 3. The molecule has 1 aromatic carbocycles. The lowest BCUT2D eigenvalue weighted by molar-refractivity contribution is 0.0275. The largest absolute Gasteiger partial charge is 0.489 e. The molecule has 2 rings (SSSR count). The van der Waals surface area contributed by atoms with Crippen LogP contribution >= 0.6 is 0 Å². The summed E-state index contributed by atoms with van der Waals surface area (Å²) < 4.78 is 11.3. The van der Waals surface area contributed by atoms with E-state index in [1.165, 1.54) is 0 Å². The van der Waals surface area contributed by atoms with Crippen molar-refractivity contribution in [1.29, 1.82) is 15.8 Å². The predicted molar refractivity (Wildman–Crippen MR) is 101 cm³/mol. The first-order chi connectivity index (χ1) is 13.3. The van der Waals surface area contributed by atoms with Gasteiger partial charge in [0.15, 0.2) is 5.57 Å². The van der Waals surface area contributed by atoms with Gasteiger partial charge in [-0.15, -0.1) is 0 Å². The minimum atomic E-state index is -0.535. The Hall–Kier alpha value is -3.70. The summed E-state index contributed by atoms with van der Waals surface area (Å²) in [7, 11) is 0. The maximum atomic E-state index is 12.1. The number of amides is 1. The molecule has 0 bridgehead atoms. The maximum absolute atomic E-state index is 12.1. The summed E-state index contributed by atoms with van der Waals surface area (Å²) in [4.78, 5) is 13.7. The molecule has 0 saturated carbocycles. The molecule has 1 aliphatic rings. The first kappa shape index (κ1) is 20.6. The van der Waals surface area contributed by atoms with Gasteiger partial charge in [0.2, 0.25) is 0 Å². The van der Waals surface area contributed by atoms with Gasteiger partial charge < -0.3 is 19.7 Å². The zero-order valence-electron chi connectivity index (χ0n) is 16.0. The zero-order valence-corrected chi connectivity index (χ0v) is 16.0. The van der Waals surface area contributed by atoms with E-state index in [-0.39, 0.29) is 23.5 Å². The molecule has 1 fully saturated rings. The third-order valence-electron chi connectivity index (χ3n) is 3.81. The number of nitrogens with zero attached hydrogens (tertiary/aromatic N) is 4. The van der Waals surface area contributed by atoms with Crippen LogP contribution in [0, 0.1) is 34.0 Å². The van der Waals surface area contributed by atoms with Crippen LogP contribution in [-0.2, 0) is 4.74 Å². The number of hydrogen-bond donors (Lipinski definition) is 1. The summed E-state index contributed by atoms with van der Waals surface area (Å²) in [6.07, 6.45) is 0.221. The summed E-state index contributed by atoms with van der Waals surface area (Å²) in [5, 5.41) is 29.5. The van der Waals surface area contributed by atoms with Crippen LogP contribution in [0.25, 0.3) is 0 Å². The van der Waals surface area contributed by atoms with Crippen LogP contribution in [0.3, 0.4) is 0 Å². The molecule has 28 heavy (non-hydrogen) atoms. The highest BCUT2D eigenvalue weighted by atomic mass is 16.6. The van der Waals surface area contributed by atoms with Crippen molar-refractivity contribution in [2.24, 2.45) is 0 Å². The lowest BCUT2D eigenvalue weighted by Gasteiger charge is -2.24. The summed E-state index contributed by atoms with van der Waals surface area (Å²) in [6, 6.07) is 11.9. The van der Waals surface area contributed by atoms with E-state index < -0.39 is 5.60 Å². The molecule has 1 unspecified atom stereocenters. The Bertz CT molecular complexity index is 863. The molecule has 0 aliphatic carbocycles. The number of hydrogen-bond acceptors (Lipinski definition) is 7. The highest BCUT2D eigenvalue weighted by Crippen LogP contribution is 2.23. The Morgan fingerprint density at radius 2 is 1.79 bits per heavy atom. The van der Waals surface area contributed by atoms with Crippen molar-refractivity contribution in [3.05, 3.63) is 35.5 Å². The fraction of sp³-hybridized carbons (Fsp3) is 0.400. The average Bonchev–Trinajstić information content (AvgIpc) is 3.10. The van der Waals surface area contributed by atoms with Crippen LogP contribution in [0.1, 0.15) is 27.2 Å². The molecule has 1 N–H and O–H groups in total. The van der Waals surface area contributed by atoms with E-state index in [0.717, 1.165) is 0 Å². The Morgan fingerprint density at radius 3 is 2.32 bits per heavy atom. The number of rotatable bonds is 4. The van der Waals surface area contributed by atoms with Crippen LogP contribution in [0.4, 0.5) is 10.5 Å². The minimum Gasteiger partial charge on any atom is -0.489 e. The second-order valence-corrected chi connectivity index (χ2v) is 7.19. The molecule has 1 aromatic rings. The summed E-state index contributed by atoms with van der Waals surface area (Å²) in [6.45, 7) is 6.50. The highest BCUT2D eigenvalue weighted by Gasteiger charge is 2.30. The fourth-order valence-electron chi connectivity index (χ4n) is 2.55. The number of carbonyl (C=O) groups is 1. The molecular formula is C20H21N5O3. The van der Waals surface area contributed by atoms with Gasteiger partial charge in [-0.1, -0.05) is 0 Å². The van der Waals surface area contributed by atoms with E-state index >= 15 is 0 Å². The SMILES string of the molecule is CC(C)(C)OC(=O)N1CCC(Oc2ccc(NC(C#N)=C(C#N)C#N)cc2)C1. The Balaban J connectivity index is 1.95. The molecule has 1 atom stereocenters. The van der Waals surface area contributed by atoms with Crippen molar-refractivity contribution in [1.82, 2.24) is 4.90 Å². The molecule has 1 heterocycles. The van der Waals surface area contributed by atoms with Gasteiger partial charge >= 0.3 is 6.09 Å². The topological polar surface area (TPSA) is 122 Å². The first-order valence-corrected chi connectivity index (χ1v) is 8.72. The number of allylic oxidation sites excluding steroid dienone is 2. The second-order valence-electron chi connectivity index (χ2n) is 7.19. The molecule has 0 aromatic heterocycles. The van der Waals surface area contributed by atoms with Crippen LogP contribution < -0.4 is 10.1 Å². The standard InChI is InChI=1S/C20H21N5O3/c1-20(2,3)28-19(26)25-9-8-17(13-25)27-16-6-4-15(5-7-16)24-18(12-23)14(10-21)11-22/h4-7,17,24H,8-9,13H2,1-3H3. The molecular weight excluding hydrogens is 358 g/mol. The number of nitrogens with one attached hydrogen (secondary N) is 1. The Kier molecular flexibility index (Phi) is 6.47. The summed E-state index contributed by atoms with van der Waals surface area (Å²) in [5.41, 5.74) is -0.376. The predicted octanol–water partition coefficient (Wildman–Crippen LogP) is 3.31. The van der Waals surface area contributed by atoms with Gasteiger partial charge in [-0.25, -0.2) is 4.79 Å². The van der Waals surface area contributed by atoms with E-state index in [9.17, 15) is 4.79 Å². The molecule has 1 amide bonds. The maximum Gasteiger partial charge on any atom is 0.410 e. The molecule has 8 nitrogen and oxygen atoms in total. The number of benzene rings is 1. The number of likely N-dealkylation sites (tertiary alicyclic amines) is 1. The van der Waals surface area contributed by atoms with Gasteiger partial charge in [0.1, 0.15) is 41.4 Å². The van der Waals surface area contributed by atoms with Crippen LogP contribution in [-0.4, -0.2) is 35.8 Å². The molecule has 0 radical (unpaired) electrons. The molecule has 144 valence electrons. The normalized spacial score (nSPS) is 15.6. The quantitative estimate of drug-likeness (QED) is 0.796. The number of anilines is 1. The van der Waals surface area contributed by atoms with Crippen molar-refractivity contribution in [3.8, 4) is 24.0 Å². The van der Waals surface area contributed by atoms with Crippen LogP contribution in [0.2, 0.25) is 0 Å². The van der Waals surface area contributed by atoms with Crippen molar-refractivity contribution >= 4 is 11.8 Å². The zero-order chi connectivity index (χ0) is 20.7. The van der Waals surface area contributed by atoms with Crippen molar-refractivity contribution in [3.63, 3.8) is 0 Å². The highest BCUT2D eigenvalue weighted by molar-refractivity contribution is 5.68. The molecule has 0 spiro atoms. The van der Waals surface area contributed by atoms with Gasteiger partial charge in [-0.3, -0.25) is 0 Å². The van der Waals surface area contributed by atoms with Crippen LogP contribution in [0.5, 0.6) is 5.75 Å². The summed E-state index contributed by atoms with van der Waals surface area (Å²) in [5.74, 6) is 0.616. The molecule has 1 aliphatic heterocycles. The van der Waals surface area contributed by atoms with Gasteiger partial charge in [0.25, 0.3) is 0 Å². The van der Waals surface area contributed by atoms with E-state index in [1.807, 2.05) is 20.8 Å². The molecule has 8 heteroatoms. The van der Waals surface area contributed by atoms with Gasteiger partial charge in [0.05, 0.1) is 6.54 Å². The second kappa shape index (κ2) is 8.79. The fourth-order valence-corrected chi connectivity index (χ4v) is 2.55. The average molecular weight is 379 g/mol. The van der Waals surface area contributed by atoms with E-state index in [2.05, 4.69) is 5.32 Å². The van der Waals surface area contributed by atoms with E-state index in [4.69, 9.17) is 25.3 Å². The Labute approximate surface area is 164 Å².